The number of benzene rings is 1. The predicted molar refractivity (Wildman–Crippen MR) is 123 cm³/mol. The van der Waals surface area contributed by atoms with Crippen molar-refractivity contribution in [3.8, 4) is 22.2 Å². The lowest BCUT2D eigenvalue weighted by Crippen LogP contribution is -2.28. The first-order valence-electron chi connectivity index (χ1n) is 9.64. The summed E-state index contributed by atoms with van der Waals surface area (Å²) in [4.78, 5) is 4.90. The fraction of sp³-hybridized carbons (Fsp3) is 0.273. The molecule has 4 rings (SSSR count). The quantitative estimate of drug-likeness (QED) is 0.277. The highest BCUT2D eigenvalue weighted by atomic mass is 79.9. The van der Waals surface area contributed by atoms with Crippen molar-refractivity contribution in [3.05, 3.63) is 74.3 Å². The molecule has 0 radical (unpaired) electrons. The molecule has 0 spiro atoms. The van der Waals surface area contributed by atoms with Crippen molar-refractivity contribution in [1.82, 2.24) is 15.1 Å². The molecule has 3 aromatic rings. The molecule has 3 heterocycles. The lowest BCUT2D eigenvalue weighted by Gasteiger charge is -2.27. The average Bonchev–Trinajstić information content (AvgIpc) is 3.41. The van der Waals surface area contributed by atoms with Crippen LogP contribution < -0.4 is 14.8 Å². The zero-order valence-electron chi connectivity index (χ0n) is 17.3. The molecule has 1 unspecified atom stereocenters. The summed E-state index contributed by atoms with van der Waals surface area (Å²) >= 11 is 5.19. The Hall–Kier alpha value is -2.80. The summed E-state index contributed by atoms with van der Waals surface area (Å²) in [6, 6.07) is 9.86. The average molecular weight is 501 g/mol. The van der Waals surface area contributed by atoms with Crippen molar-refractivity contribution in [2.24, 2.45) is 7.05 Å². The number of hydrogen-bond donors (Lipinski definition) is 1. The van der Waals surface area contributed by atoms with Gasteiger partial charge in [-0.1, -0.05) is 12.1 Å². The number of ether oxygens (including phenoxy) is 3. The Kier molecular flexibility index (Phi) is 6.32. The van der Waals surface area contributed by atoms with Gasteiger partial charge in [0.25, 0.3) is 0 Å². The Morgan fingerprint density at radius 3 is 2.87 bits per heavy atom. The molecule has 31 heavy (non-hydrogen) atoms. The van der Waals surface area contributed by atoms with E-state index in [4.69, 9.17) is 25.9 Å². The van der Waals surface area contributed by atoms with E-state index < -0.39 is 0 Å². The minimum Gasteiger partial charge on any atom is -0.496 e. The summed E-state index contributed by atoms with van der Waals surface area (Å²) in [6.45, 7) is 10.7. The first-order valence-corrected chi connectivity index (χ1v) is 11.3. The highest BCUT2D eigenvalue weighted by molar-refractivity contribution is 9.10. The molecule has 0 amide bonds. The second kappa shape index (κ2) is 9.14. The lowest BCUT2D eigenvalue weighted by molar-refractivity contribution is 0.123. The van der Waals surface area contributed by atoms with E-state index in [1.807, 2.05) is 49.7 Å². The van der Waals surface area contributed by atoms with Gasteiger partial charge in [-0.2, -0.15) is 5.10 Å². The molecule has 9 heteroatoms. The summed E-state index contributed by atoms with van der Waals surface area (Å²) in [6.07, 6.45) is 0. The number of fused-ring (bicyclic) bond motifs is 1. The second-order valence-corrected chi connectivity index (χ2v) is 8.54. The number of methoxy groups -OCH3 is 1. The molecule has 1 aliphatic heterocycles. The van der Waals surface area contributed by atoms with Crippen molar-refractivity contribution in [1.29, 1.82) is 0 Å². The van der Waals surface area contributed by atoms with E-state index in [-0.39, 0.29) is 12.6 Å². The summed E-state index contributed by atoms with van der Waals surface area (Å²) in [5.74, 6) is 1.35. The molecule has 0 saturated carbocycles. The first-order chi connectivity index (χ1) is 15.1. The number of hydrogen-bond acceptors (Lipinski definition) is 6. The monoisotopic (exact) mass is 500 g/mol. The molecule has 7 nitrogen and oxygen atoms in total. The van der Waals surface area contributed by atoms with Crippen LogP contribution in [0.2, 0.25) is 0 Å². The molecule has 2 aromatic heterocycles. The molecular formula is C22H21BrN4O3S. The number of rotatable bonds is 7. The summed E-state index contributed by atoms with van der Waals surface area (Å²) in [5, 5.41) is 9.88. The minimum absolute atomic E-state index is 0.245. The van der Waals surface area contributed by atoms with Crippen LogP contribution in [0.4, 0.5) is 0 Å². The van der Waals surface area contributed by atoms with Crippen LogP contribution in [0.15, 0.2) is 51.8 Å². The van der Waals surface area contributed by atoms with Crippen LogP contribution in [0.5, 0.6) is 11.6 Å². The standard InChI is InChI=1S/C22H21BrN4O3S/c1-5-29-12-25-21-20(24-2)17(13-8-9-15(28-4)14(23)11-13)18-19(16-7-6-10-31-16)26-27(3)22(18)30-21/h6-11,17,25H,5,12H2,1,3-4H3. The van der Waals surface area contributed by atoms with E-state index in [9.17, 15) is 0 Å². The van der Waals surface area contributed by atoms with E-state index in [0.717, 1.165) is 31.9 Å². The number of thiophene rings is 1. The Bertz CT molecular complexity index is 1160. The van der Waals surface area contributed by atoms with E-state index in [1.165, 1.54) is 0 Å². The topological polar surface area (TPSA) is 61.9 Å². The van der Waals surface area contributed by atoms with Crippen LogP contribution in [-0.2, 0) is 11.8 Å². The van der Waals surface area contributed by atoms with E-state index >= 15 is 0 Å². The number of nitrogens with zero attached hydrogens (tertiary/aromatic N) is 3. The fourth-order valence-corrected chi connectivity index (χ4v) is 4.85. The first kappa shape index (κ1) is 21.4. The van der Waals surface area contributed by atoms with Crippen LogP contribution in [0.3, 0.4) is 0 Å². The van der Waals surface area contributed by atoms with Crippen molar-refractivity contribution in [3.63, 3.8) is 0 Å². The number of aromatic nitrogens is 2. The molecular weight excluding hydrogens is 480 g/mol. The molecule has 0 bridgehead atoms. The zero-order chi connectivity index (χ0) is 22.0. The second-order valence-electron chi connectivity index (χ2n) is 6.74. The van der Waals surface area contributed by atoms with Gasteiger partial charge in [0.1, 0.15) is 18.2 Å². The Morgan fingerprint density at radius 2 is 2.23 bits per heavy atom. The third kappa shape index (κ3) is 3.94. The van der Waals surface area contributed by atoms with Gasteiger partial charge in [-0.25, -0.2) is 9.53 Å². The third-order valence-electron chi connectivity index (χ3n) is 4.95. The van der Waals surface area contributed by atoms with Crippen molar-refractivity contribution < 1.29 is 14.2 Å². The maximum absolute atomic E-state index is 7.96. The molecule has 1 N–H and O–H groups in total. The smallest absolute Gasteiger partial charge is 0.235 e. The van der Waals surface area contributed by atoms with Crippen LogP contribution in [0.1, 0.15) is 24.0 Å². The lowest BCUT2D eigenvalue weighted by atomic mass is 9.86. The van der Waals surface area contributed by atoms with Gasteiger partial charge in [0.2, 0.25) is 11.6 Å². The third-order valence-corrected chi connectivity index (χ3v) is 6.44. The Balaban J connectivity index is 1.92. The highest BCUT2D eigenvalue weighted by Crippen LogP contribution is 2.49. The predicted octanol–water partition coefficient (Wildman–Crippen LogP) is 5.12. The molecule has 1 atom stereocenters. The van der Waals surface area contributed by atoms with E-state index in [2.05, 4.69) is 26.1 Å². The fourth-order valence-electron chi connectivity index (χ4n) is 3.57. The van der Waals surface area contributed by atoms with Crippen molar-refractivity contribution >= 4 is 27.3 Å². The highest BCUT2D eigenvalue weighted by Gasteiger charge is 2.38. The van der Waals surface area contributed by atoms with Gasteiger partial charge in [0.15, 0.2) is 5.88 Å². The Labute approximate surface area is 193 Å². The molecule has 0 saturated heterocycles. The van der Waals surface area contributed by atoms with Gasteiger partial charge in [0.05, 0.1) is 28.9 Å². The molecule has 1 aliphatic rings. The molecule has 0 aliphatic carbocycles. The van der Waals surface area contributed by atoms with Gasteiger partial charge in [0, 0.05) is 19.2 Å². The molecule has 160 valence electrons. The normalized spacial score (nSPS) is 15.3. The molecule has 0 fully saturated rings. The number of aryl methyl sites for hydroxylation is 1. The number of nitrogens with one attached hydrogen (secondary N) is 1. The maximum Gasteiger partial charge on any atom is 0.235 e. The van der Waals surface area contributed by atoms with Gasteiger partial charge >= 0.3 is 0 Å². The van der Waals surface area contributed by atoms with Crippen LogP contribution >= 0.6 is 27.3 Å². The van der Waals surface area contributed by atoms with Crippen LogP contribution in [0, 0.1) is 6.57 Å². The van der Waals surface area contributed by atoms with Crippen LogP contribution in [-0.4, -0.2) is 30.2 Å². The largest absolute Gasteiger partial charge is 0.496 e. The van der Waals surface area contributed by atoms with Gasteiger partial charge in [-0.05, 0) is 52.0 Å². The zero-order valence-corrected chi connectivity index (χ0v) is 19.7. The Morgan fingerprint density at radius 1 is 1.39 bits per heavy atom. The number of allylic oxidation sites excluding steroid dienone is 1. The molecule has 1 aromatic carbocycles. The van der Waals surface area contributed by atoms with E-state index in [0.29, 0.717) is 24.1 Å². The van der Waals surface area contributed by atoms with Crippen LogP contribution in [0.25, 0.3) is 15.4 Å². The summed E-state index contributed by atoms with van der Waals surface area (Å²) in [7, 11) is 3.47. The van der Waals surface area contributed by atoms with Gasteiger partial charge < -0.3 is 19.5 Å². The van der Waals surface area contributed by atoms with Gasteiger partial charge in [-0.3, -0.25) is 0 Å². The SMILES string of the molecule is [C-]#[N+]C1=C(NCOCC)Oc2c(c(-c3cccs3)nn2C)C1c1ccc(OC)c(Br)c1. The summed E-state index contributed by atoms with van der Waals surface area (Å²) in [5.41, 5.74) is 3.07. The summed E-state index contributed by atoms with van der Waals surface area (Å²) < 4.78 is 19.5. The minimum atomic E-state index is -0.363. The van der Waals surface area contributed by atoms with Gasteiger partial charge in [-0.15, -0.1) is 11.3 Å². The van der Waals surface area contributed by atoms with Crippen molar-refractivity contribution in [2.75, 3.05) is 20.4 Å². The number of halogens is 1. The van der Waals surface area contributed by atoms with E-state index in [1.54, 1.807) is 23.1 Å². The van der Waals surface area contributed by atoms with Crippen molar-refractivity contribution in [2.45, 2.75) is 12.8 Å². The maximum atomic E-state index is 7.96.